The maximum atomic E-state index is 9.93. The van der Waals surface area contributed by atoms with Crippen molar-refractivity contribution in [1.82, 2.24) is 0 Å². The molecular formula is C13H16O3. The maximum absolute atomic E-state index is 9.93. The van der Waals surface area contributed by atoms with Crippen molar-refractivity contribution in [2.24, 2.45) is 0 Å². The number of methoxy groups -OCH3 is 1. The molecule has 1 aromatic carbocycles. The number of aliphatic hydroxyl groups excluding tert-OH is 1. The lowest BCUT2D eigenvalue weighted by Crippen LogP contribution is -2.14. The smallest absolute Gasteiger partial charge is 0.121 e. The molecule has 1 unspecified atom stereocenters. The first kappa shape index (κ1) is 11.0. The lowest BCUT2D eigenvalue weighted by Gasteiger charge is -2.12. The summed E-state index contributed by atoms with van der Waals surface area (Å²) in [6.07, 6.45) is 2.85. The minimum absolute atomic E-state index is 0.547. The maximum Gasteiger partial charge on any atom is 0.121 e. The Morgan fingerprint density at radius 1 is 1.50 bits per heavy atom. The first-order valence-corrected chi connectivity index (χ1v) is 5.43. The first-order valence-electron chi connectivity index (χ1n) is 5.43. The number of hydrogen-bond donors (Lipinski definition) is 1. The Bertz CT molecular complexity index is 385. The zero-order valence-corrected chi connectivity index (χ0v) is 9.35. The molecule has 1 aromatic rings. The number of rotatable bonds is 4. The fourth-order valence-electron chi connectivity index (χ4n) is 1.79. The van der Waals surface area contributed by atoms with Crippen molar-refractivity contribution >= 4 is 0 Å². The molecule has 2 rings (SSSR count). The van der Waals surface area contributed by atoms with E-state index in [1.165, 1.54) is 0 Å². The van der Waals surface area contributed by atoms with Crippen LogP contribution in [-0.4, -0.2) is 24.9 Å². The van der Waals surface area contributed by atoms with Gasteiger partial charge in [-0.15, -0.1) is 0 Å². The molecule has 86 valence electrons. The molecule has 1 atom stereocenters. The van der Waals surface area contributed by atoms with Crippen LogP contribution in [0.1, 0.15) is 12.0 Å². The first-order chi connectivity index (χ1) is 7.79. The molecule has 1 heterocycles. The Hall–Kier alpha value is -1.48. The SMILES string of the molecule is COc1cccc(CC(O)C2=CCCO2)c1. The summed E-state index contributed by atoms with van der Waals surface area (Å²) in [6.45, 7) is 0.685. The van der Waals surface area contributed by atoms with E-state index < -0.39 is 6.10 Å². The predicted octanol–water partition coefficient (Wildman–Crippen LogP) is 1.90. The van der Waals surface area contributed by atoms with E-state index in [0.717, 1.165) is 17.7 Å². The second kappa shape index (κ2) is 5.03. The van der Waals surface area contributed by atoms with Gasteiger partial charge in [-0.25, -0.2) is 0 Å². The summed E-state index contributed by atoms with van der Waals surface area (Å²) in [6, 6.07) is 7.71. The number of hydrogen-bond acceptors (Lipinski definition) is 3. The highest BCUT2D eigenvalue weighted by molar-refractivity contribution is 5.29. The molecule has 1 N–H and O–H groups in total. The van der Waals surface area contributed by atoms with Gasteiger partial charge in [-0.3, -0.25) is 0 Å². The van der Waals surface area contributed by atoms with Crippen molar-refractivity contribution in [3.63, 3.8) is 0 Å². The Morgan fingerprint density at radius 3 is 3.06 bits per heavy atom. The summed E-state index contributed by atoms with van der Waals surface area (Å²) >= 11 is 0. The summed E-state index contributed by atoms with van der Waals surface area (Å²) in [4.78, 5) is 0. The second-order valence-corrected chi connectivity index (χ2v) is 3.82. The zero-order chi connectivity index (χ0) is 11.4. The minimum Gasteiger partial charge on any atom is -0.497 e. The van der Waals surface area contributed by atoms with E-state index in [-0.39, 0.29) is 0 Å². The Kier molecular flexibility index (Phi) is 3.47. The standard InChI is InChI=1S/C13H16O3/c1-15-11-5-2-4-10(8-11)9-12(14)13-6-3-7-16-13/h2,4-6,8,12,14H,3,7,9H2,1H3. The fraction of sp³-hybridized carbons (Fsp3) is 0.385. The van der Waals surface area contributed by atoms with Gasteiger partial charge in [0.05, 0.1) is 13.7 Å². The molecule has 3 nitrogen and oxygen atoms in total. The third-order valence-electron chi connectivity index (χ3n) is 2.62. The average molecular weight is 220 g/mol. The van der Waals surface area contributed by atoms with Crippen LogP contribution in [0.4, 0.5) is 0 Å². The van der Waals surface area contributed by atoms with Crippen LogP contribution in [0.5, 0.6) is 5.75 Å². The van der Waals surface area contributed by atoms with Gasteiger partial charge in [0.1, 0.15) is 17.6 Å². The molecule has 0 fully saturated rings. The van der Waals surface area contributed by atoms with Crippen molar-refractivity contribution < 1.29 is 14.6 Å². The van der Waals surface area contributed by atoms with Crippen LogP contribution >= 0.6 is 0 Å². The third-order valence-corrected chi connectivity index (χ3v) is 2.62. The van der Waals surface area contributed by atoms with Gasteiger partial charge in [0.2, 0.25) is 0 Å². The fourth-order valence-corrected chi connectivity index (χ4v) is 1.79. The summed E-state index contributed by atoms with van der Waals surface area (Å²) in [5.74, 6) is 1.51. The summed E-state index contributed by atoms with van der Waals surface area (Å²) in [5, 5.41) is 9.93. The largest absolute Gasteiger partial charge is 0.497 e. The molecule has 0 bridgehead atoms. The highest BCUT2D eigenvalue weighted by atomic mass is 16.5. The number of aliphatic hydroxyl groups is 1. The average Bonchev–Trinajstić information content (AvgIpc) is 2.83. The van der Waals surface area contributed by atoms with E-state index in [1.807, 2.05) is 30.3 Å². The Morgan fingerprint density at radius 2 is 2.38 bits per heavy atom. The van der Waals surface area contributed by atoms with Crippen LogP contribution in [0, 0.1) is 0 Å². The van der Waals surface area contributed by atoms with E-state index in [2.05, 4.69) is 0 Å². The van der Waals surface area contributed by atoms with E-state index in [0.29, 0.717) is 18.8 Å². The quantitative estimate of drug-likeness (QED) is 0.842. The number of ether oxygens (including phenoxy) is 2. The van der Waals surface area contributed by atoms with Gasteiger partial charge in [0, 0.05) is 12.8 Å². The van der Waals surface area contributed by atoms with Crippen molar-refractivity contribution in [2.45, 2.75) is 18.9 Å². The molecule has 1 aliphatic heterocycles. The van der Waals surface area contributed by atoms with Crippen LogP contribution in [-0.2, 0) is 11.2 Å². The van der Waals surface area contributed by atoms with E-state index in [4.69, 9.17) is 9.47 Å². The zero-order valence-electron chi connectivity index (χ0n) is 9.35. The van der Waals surface area contributed by atoms with Crippen molar-refractivity contribution in [1.29, 1.82) is 0 Å². The topological polar surface area (TPSA) is 38.7 Å². The summed E-state index contributed by atoms with van der Waals surface area (Å²) < 4.78 is 10.5. The van der Waals surface area contributed by atoms with Crippen molar-refractivity contribution in [3.8, 4) is 5.75 Å². The van der Waals surface area contributed by atoms with Crippen LogP contribution in [0.15, 0.2) is 36.1 Å². The molecule has 0 saturated heterocycles. The highest BCUT2D eigenvalue weighted by Crippen LogP contribution is 2.19. The molecule has 0 spiro atoms. The number of benzene rings is 1. The van der Waals surface area contributed by atoms with Gasteiger partial charge in [-0.1, -0.05) is 12.1 Å². The third kappa shape index (κ3) is 2.55. The molecular weight excluding hydrogens is 204 g/mol. The molecule has 0 aromatic heterocycles. The van der Waals surface area contributed by atoms with Gasteiger partial charge in [-0.05, 0) is 23.8 Å². The molecule has 0 aliphatic carbocycles. The second-order valence-electron chi connectivity index (χ2n) is 3.82. The van der Waals surface area contributed by atoms with Gasteiger partial charge in [-0.2, -0.15) is 0 Å². The lowest BCUT2D eigenvalue weighted by molar-refractivity contribution is 0.118. The molecule has 0 amide bonds. The van der Waals surface area contributed by atoms with Gasteiger partial charge >= 0.3 is 0 Å². The Labute approximate surface area is 95.3 Å². The Balaban J connectivity index is 2.02. The summed E-state index contributed by atoms with van der Waals surface area (Å²) in [5.41, 5.74) is 1.04. The van der Waals surface area contributed by atoms with Crippen molar-refractivity contribution in [2.75, 3.05) is 13.7 Å². The normalized spacial score (nSPS) is 16.5. The van der Waals surface area contributed by atoms with Crippen LogP contribution < -0.4 is 4.74 Å². The van der Waals surface area contributed by atoms with Crippen molar-refractivity contribution in [3.05, 3.63) is 41.7 Å². The van der Waals surface area contributed by atoms with Crippen LogP contribution in [0.25, 0.3) is 0 Å². The highest BCUT2D eigenvalue weighted by Gasteiger charge is 2.16. The molecule has 16 heavy (non-hydrogen) atoms. The molecule has 3 heteroatoms. The van der Waals surface area contributed by atoms with Crippen LogP contribution in [0.2, 0.25) is 0 Å². The molecule has 0 saturated carbocycles. The minimum atomic E-state index is -0.547. The summed E-state index contributed by atoms with van der Waals surface area (Å²) in [7, 11) is 1.64. The van der Waals surface area contributed by atoms with E-state index in [1.54, 1.807) is 7.11 Å². The van der Waals surface area contributed by atoms with Crippen LogP contribution in [0.3, 0.4) is 0 Å². The van der Waals surface area contributed by atoms with E-state index >= 15 is 0 Å². The lowest BCUT2D eigenvalue weighted by atomic mass is 10.1. The molecule has 0 radical (unpaired) electrons. The monoisotopic (exact) mass is 220 g/mol. The van der Waals surface area contributed by atoms with E-state index in [9.17, 15) is 5.11 Å². The van der Waals surface area contributed by atoms with Gasteiger partial charge < -0.3 is 14.6 Å². The molecule has 1 aliphatic rings. The predicted molar refractivity (Wildman–Crippen MR) is 61.4 cm³/mol. The van der Waals surface area contributed by atoms with Gasteiger partial charge in [0.15, 0.2) is 0 Å². The van der Waals surface area contributed by atoms with Gasteiger partial charge in [0.25, 0.3) is 0 Å².